The van der Waals surface area contributed by atoms with Crippen molar-refractivity contribution in [2.45, 2.75) is 0 Å². The Labute approximate surface area is 54.2 Å². The second-order valence-electron chi connectivity index (χ2n) is 2.06. The standard InChI is InChI=1S/C7H7N2/c1-2-5-9-6-4-8-7(9)3-1/h1,3,5H,4,6H2. The van der Waals surface area contributed by atoms with Gasteiger partial charge in [0.15, 0.2) is 0 Å². The van der Waals surface area contributed by atoms with Crippen LogP contribution in [0.25, 0.3) is 0 Å². The van der Waals surface area contributed by atoms with E-state index < -0.39 is 0 Å². The lowest BCUT2D eigenvalue weighted by Crippen LogP contribution is -2.21. The van der Waals surface area contributed by atoms with Crippen molar-refractivity contribution in [2.24, 2.45) is 4.99 Å². The van der Waals surface area contributed by atoms with Crippen LogP contribution in [-0.2, 0) is 0 Å². The number of hydrogen-bond donors (Lipinski definition) is 0. The zero-order valence-electron chi connectivity index (χ0n) is 5.04. The average molecular weight is 119 g/mol. The van der Waals surface area contributed by atoms with Crippen LogP contribution in [-0.4, -0.2) is 23.8 Å². The molecule has 0 saturated heterocycles. The molecular weight excluding hydrogens is 112 g/mol. The van der Waals surface area contributed by atoms with Gasteiger partial charge in [0.05, 0.1) is 6.54 Å². The van der Waals surface area contributed by atoms with Gasteiger partial charge in [-0.15, -0.1) is 0 Å². The maximum Gasteiger partial charge on any atom is 0.127 e. The highest BCUT2D eigenvalue weighted by Gasteiger charge is 2.11. The largest absolute Gasteiger partial charge is 0.331 e. The summed E-state index contributed by atoms with van der Waals surface area (Å²) in [5, 5.41) is 0. The van der Waals surface area contributed by atoms with Gasteiger partial charge >= 0.3 is 0 Å². The van der Waals surface area contributed by atoms with Gasteiger partial charge in [0.25, 0.3) is 0 Å². The van der Waals surface area contributed by atoms with E-state index >= 15 is 0 Å². The molecule has 0 spiro atoms. The Morgan fingerprint density at radius 3 is 3.56 bits per heavy atom. The van der Waals surface area contributed by atoms with Crippen LogP contribution in [0.3, 0.4) is 0 Å². The number of aliphatic imine (C=N–C) groups is 1. The van der Waals surface area contributed by atoms with Gasteiger partial charge < -0.3 is 4.90 Å². The predicted molar refractivity (Wildman–Crippen MR) is 36.0 cm³/mol. The van der Waals surface area contributed by atoms with E-state index in [2.05, 4.69) is 16.0 Å². The van der Waals surface area contributed by atoms with Crippen molar-refractivity contribution in [3.63, 3.8) is 0 Å². The van der Waals surface area contributed by atoms with E-state index in [1.165, 1.54) is 0 Å². The molecule has 2 nitrogen and oxygen atoms in total. The molecule has 0 aromatic rings. The first-order chi connectivity index (χ1) is 4.47. The minimum Gasteiger partial charge on any atom is -0.331 e. The summed E-state index contributed by atoms with van der Waals surface area (Å²) in [4.78, 5) is 6.34. The Hall–Kier alpha value is -1.05. The van der Waals surface area contributed by atoms with Crippen LogP contribution >= 0.6 is 0 Å². The Kier molecular flexibility index (Phi) is 0.918. The maximum atomic E-state index is 4.24. The highest BCUT2D eigenvalue weighted by molar-refractivity contribution is 5.95. The fraction of sp³-hybridized carbons (Fsp3) is 0.286. The molecule has 2 aliphatic rings. The maximum absolute atomic E-state index is 4.24. The third-order valence-electron chi connectivity index (χ3n) is 1.47. The van der Waals surface area contributed by atoms with Crippen LogP contribution in [0.1, 0.15) is 0 Å². The lowest BCUT2D eigenvalue weighted by molar-refractivity contribution is 0.609. The van der Waals surface area contributed by atoms with Gasteiger partial charge in [0, 0.05) is 12.7 Å². The lowest BCUT2D eigenvalue weighted by Gasteiger charge is -2.13. The second kappa shape index (κ2) is 1.72. The average Bonchev–Trinajstić information content (AvgIpc) is 2.33. The molecule has 9 heavy (non-hydrogen) atoms. The number of rotatable bonds is 0. The Balaban J connectivity index is 2.33. The van der Waals surface area contributed by atoms with E-state index in [0.717, 1.165) is 18.9 Å². The van der Waals surface area contributed by atoms with Crippen LogP contribution < -0.4 is 0 Å². The molecule has 0 aromatic heterocycles. The van der Waals surface area contributed by atoms with Gasteiger partial charge in [-0.3, -0.25) is 4.99 Å². The van der Waals surface area contributed by atoms with Crippen LogP contribution in [0.4, 0.5) is 0 Å². The molecule has 2 heteroatoms. The topological polar surface area (TPSA) is 15.6 Å². The van der Waals surface area contributed by atoms with Crippen molar-refractivity contribution in [3.8, 4) is 0 Å². The molecule has 0 bridgehead atoms. The van der Waals surface area contributed by atoms with Crippen LogP contribution in [0, 0.1) is 6.08 Å². The van der Waals surface area contributed by atoms with Crippen molar-refractivity contribution in [1.29, 1.82) is 0 Å². The number of fused-ring (bicyclic) bond motifs is 1. The van der Waals surface area contributed by atoms with Gasteiger partial charge in [-0.2, -0.15) is 0 Å². The third-order valence-corrected chi connectivity index (χ3v) is 1.47. The summed E-state index contributed by atoms with van der Waals surface area (Å²) in [6.07, 6.45) is 8.80. The third kappa shape index (κ3) is 0.669. The molecule has 0 aromatic carbocycles. The van der Waals surface area contributed by atoms with E-state index in [0.29, 0.717) is 0 Å². The van der Waals surface area contributed by atoms with Crippen molar-refractivity contribution in [1.82, 2.24) is 4.90 Å². The fourth-order valence-corrected chi connectivity index (χ4v) is 1.01. The highest BCUT2D eigenvalue weighted by Crippen LogP contribution is 2.06. The summed E-state index contributed by atoms with van der Waals surface area (Å²) in [6.45, 7) is 1.95. The number of nitrogens with zero attached hydrogens (tertiary/aromatic N) is 2. The first-order valence-corrected chi connectivity index (χ1v) is 3.04. The number of hydrogen-bond acceptors (Lipinski definition) is 2. The molecule has 45 valence electrons. The molecule has 0 amide bonds. The van der Waals surface area contributed by atoms with E-state index in [9.17, 15) is 0 Å². The zero-order valence-corrected chi connectivity index (χ0v) is 5.04. The van der Waals surface area contributed by atoms with Gasteiger partial charge in [-0.05, 0) is 18.2 Å². The summed E-state index contributed by atoms with van der Waals surface area (Å²) in [7, 11) is 0. The molecule has 0 fully saturated rings. The lowest BCUT2D eigenvalue weighted by atomic mass is 10.3. The predicted octanol–water partition coefficient (Wildman–Crippen LogP) is 0.587. The molecule has 0 unspecified atom stereocenters. The first kappa shape index (κ1) is 4.79. The van der Waals surface area contributed by atoms with E-state index in [1.54, 1.807) is 0 Å². The summed E-state index contributed by atoms with van der Waals surface area (Å²) in [5.74, 6) is 1.08. The monoisotopic (exact) mass is 119 g/mol. The van der Waals surface area contributed by atoms with Crippen molar-refractivity contribution >= 4 is 5.84 Å². The Morgan fingerprint density at radius 2 is 2.67 bits per heavy atom. The summed E-state index contributed by atoms with van der Waals surface area (Å²) >= 11 is 0. The van der Waals surface area contributed by atoms with Crippen molar-refractivity contribution < 1.29 is 0 Å². The minimum atomic E-state index is 0.928. The SMILES string of the molecule is [C]1=CN2CCN=C2C=C1. The van der Waals surface area contributed by atoms with Crippen LogP contribution in [0.15, 0.2) is 23.3 Å². The van der Waals surface area contributed by atoms with Gasteiger partial charge in [0.2, 0.25) is 0 Å². The van der Waals surface area contributed by atoms with Crippen molar-refractivity contribution in [3.05, 3.63) is 24.4 Å². The second-order valence-corrected chi connectivity index (χ2v) is 2.06. The Bertz CT molecular complexity index is 198. The highest BCUT2D eigenvalue weighted by atomic mass is 15.2. The minimum absolute atomic E-state index is 0.928. The Morgan fingerprint density at radius 1 is 1.67 bits per heavy atom. The summed E-state index contributed by atoms with van der Waals surface area (Å²) < 4.78 is 0. The first-order valence-electron chi connectivity index (χ1n) is 3.04. The normalized spacial score (nSPS) is 22.2. The van der Waals surface area contributed by atoms with Gasteiger partial charge in [-0.25, -0.2) is 0 Å². The molecule has 2 rings (SSSR count). The summed E-state index contributed by atoms with van der Waals surface area (Å²) in [5.41, 5.74) is 0. The van der Waals surface area contributed by atoms with E-state index in [4.69, 9.17) is 0 Å². The van der Waals surface area contributed by atoms with Gasteiger partial charge in [-0.1, -0.05) is 0 Å². The van der Waals surface area contributed by atoms with Crippen LogP contribution in [0.2, 0.25) is 0 Å². The van der Waals surface area contributed by atoms with Gasteiger partial charge in [0.1, 0.15) is 5.84 Å². The fourth-order valence-electron chi connectivity index (χ4n) is 1.01. The number of amidine groups is 1. The summed E-state index contributed by atoms with van der Waals surface area (Å²) in [6, 6.07) is 0. The van der Waals surface area contributed by atoms with E-state index in [1.807, 2.05) is 18.4 Å². The molecule has 0 N–H and O–H groups in total. The molecule has 0 atom stereocenters. The van der Waals surface area contributed by atoms with E-state index in [-0.39, 0.29) is 0 Å². The molecular formula is C7H7N2. The zero-order chi connectivity index (χ0) is 6.10. The molecule has 2 aliphatic heterocycles. The number of allylic oxidation sites excluding steroid dienone is 2. The van der Waals surface area contributed by atoms with Crippen LogP contribution in [0.5, 0.6) is 0 Å². The molecule has 0 aliphatic carbocycles. The van der Waals surface area contributed by atoms with Crippen molar-refractivity contribution in [2.75, 3.05) is 13.1 Å². The molecule has 1 radical (unpaired) electrons. The molecule has 0 saturated carbocycles. The smallest absolute Gasteiger partial charge is 0.127 e. The quantitative estimate of drug-likeness (QED) is 0.455. The molecule has 2 heterocycles.